The highest BCUT2D eigenvalue weighted by atomic mass is 79.9. The Morgan fingerprint density at radius 3 is 2.32 bits per heavy atom. The first kappa shape index (κ1) is 20.8. The summed E-state index contributed by atoms with van der Waals surface area (Å²) in [6.07, 6.45) is 2.40. The van der Waals surface area contributed by atoms with Crippen molar-refractivity contribution in [3.63, 3.8) is 0 Å². The molecule has 1 saturated carbocycles. The Labute approximate surface area is 174 Å². The maximum Gasteiger partial charge on any atom is 0.234 e. The molecule has 1 aliphatic heterocycles. The number of halogens is 1. The molecule has 8 heteroatoms. The number of amides is 3. The molecule has 1 unspecified atom stereocenters. The van der Waals surface area contributed by atoms with Crippen molar-refractivity contribution < 1.29 is 14.4 Å². The van der Waals surface area contributed by atoms with Crippen molar-refractivity contribution in [2.45, 2.75) is 38.3 Å². The van der Waals surface area contributed by atoms with Crippen LogP contribution in [0.5, 0.6) is 0 Å². The highest BCUT2D eigenvalue weighted by Crippen LogP contribution is 2.21. The van der Waals surface area contributed by atoms with Gasteiger partial charge in [-0.1, -0.05) is 28.1 Å². The lowest BCUT2D eigenvalue weighted by Crippen LogP contribution is -2.51. The van der Waals surface area contributed by atoms with Crippen molar-refractivity contribution in [1.82, 2.24) is 20.4 Å². The van der Waals surface area contributed by atoms with Crippen LogP contribution in [0.4, 0.5) is 0 Å². The molecule has 0 aromatic heterocycles. The summed E-state index contributed by atoms with van der Waals surface area (Å²) in [6.45, 7) is 4.43. The molecule has 1 heterocycles. The van der Waals surface area contributed by atoms with Gasteiger partial charge in [0.2, 0.25) is 17.7 Å². The quantitative estimate of drug-likeness (QED) is 0.658. The van der Waals surface area contributed by atoms with E-state index in [0.29, 0.717) is 38.8 Å². The molecule has 7 nitrogen and oxygen atoms in total. The predicted molar refractivity (Wildman–Crippen MR) is 110 cm³/mol. The summed E-state index contributed by atoms with van der Waals surface area (Å²) in [7, 11) is 0. The van der Waals surface area contributed by atoms with Crippen molar-refractivity contribution in [1.29, 1.82) is 0 Å². The van der Waals surface area contributed by atoms with Crippen LogP contribution in [0, 0.1) is 0 Å². The lowest BCUT2D eigenvalue weighted by atomic mass is 10.0. The minimum Gasteiger partial charge on any atom is -0.352 e. The highest BCUT2D eigenvalue weighted by molar-refractivity contribution is 9.10. The molecule has 1 aromatic carbocycles. The van der Waals surface area contributed by atoms with Gasteiger partial charge in [0.25, 0.3) is 0 Å². The monoisotopic (exact) mass is 450 g/mol. The fraction of sp³-hybridized carbons (Fsp3) is 0.550. The van der Waals surface area contributed by atoms with Crippen molar-refractivity contribution in [3.05, 3.63) is 34.3 Å². The first-order valence-electron chi connectivity index (χ1n) is 9.73. The fourth-order valence-corrected chi connectivity index (χ4v) is 3.62. The van der Waals surface area contributed by atoms with Crippen LogP contribution in [0.25, 0.3) is 0 Å². The van der Waals surface area contributed by atoms with Crippen molar-refractivity contribution >= 4 is 33.7 Å². The molecular weight excluding hydrogens is 424 g/mol. The van der Waals surface area contributed by atoms with Gasteiger partial charge in [-0.05, 0) is 30.5 Å². The van der Waals surface area contributed by atoms with Crippen LogP contribution in [0.1, 0.15) is 37.8 Å². The molecule has 1 saturated heterocycles. The summed E-state index contributed by atoms with van der Waals surface area (Å²) >= 11 is 3.40. The van der Waals surface area contributed by atoms with E-state index < -0.39 is 0 Å². The molecule has 0 radical (unpaired) electrons. The molecule has 2 fully saturated rings. The number of carbonyl (C=O) groups excluding carboxylic acids is 3. The molecule has 3 rings (SSSR count). The molecular formula is C20H27BrN4O3. The van der Waals surface area contributed by atoms with Gasteiger partial charge in [0.1, 0.15) is 0 Å². The van der Waals surface area contributed by atoms with Crippen LogP contribution in [-0.4, -0.2) is 66.3 Å². The topological polar surface area (TPSA) is 81.8 Å². The van der Waals surface area contributed by atoms with Crippen LogP contribution in [0.15, 0.2) is 28.7 Å². The third kappa shape index (κ3) is 6.31. The standard InChI is InChI=1S/C20H27BrN4O3/c1-14(26)22-18(15-2-4-16(21)5-3-15)12-20(28)25-10-8-24(9-11-25)13-19(27)23-17-6-7-17/h2-5,17-18H,6-13H2,1H3,(H,22,26)(H,23,27). The maximum absolute atomic E-state index is 12.8. The van der Waals surface area contributed by atoms with Crippen molar-refractivity contribution in [2.75, 3.05) is 32.7 Å². The molecule has 1 aromatic rings. The van der Waals surface area contributed by atoms with E-state index in [-0.39, 0.29) is 30.2 Å². The second-order valence-electron chi connectivity index (χ2n) is 7.51. The van der Waals surface area contributed by atoms with Crippen molar-refractivity contribution in [3.8, 4) is 0 Å². The lowest BCUT2D eigenvalue weighted by Gasteiger charge is -2.35. The van der Waals surface area contributed by atoms with Gasteiger partial charge in [0, 0.05) is 43.6 Å². The Morgan fingerprint density at radius 2 is 1.75 bits per heavy atom. The van der Waals surface area contributed by atoms with Gasteiger partial charge >= 0.3 is 0 Å². The number of piperazine rings is 1. The molecule has 3 amide bonds. The Balaban J connectivity index is 1.50. The van der Waals surface area contributed by atoms with Gasteiger partial charge in [0.05, 0.1) is 19.0 Å². The third-order valence-corrected chi connectivity index (χ3v) is 5.59. The number of hydrogen-bond acceptors (Lipinski definition) is 4. The summed E-state index contributed by atoms with van der Waals surface area (Å²) in [6, 6.07) is 7.66. The van der Waals surface area contributed by atoms with E-state index in [1.54, 1.807) is 0 Å². The number of hydrogen-bond donors (Lipinski definition) is 2. The normalized spacial score (nSPS) is 18.4. The zero-order valence-corrected chi connectivity index (χ0v) is 17.7. The highest BCUT2D eigenvalue weighted by Gasteiger charge is 2.27. The van der Waals surface area contributed by atoms with Gasteiger partial charge in [-0.2, -0.15) is 0 Å². The molecule has 1 atom stereocenters. The average Bonchev–Trinajstić information content (AvgIpc) is 3.45. The second-order valence-corrected chi connectivity index (χ2v) is 8.42. The van der Waals surface area contributed by atoms with Crippen LogP contribution in [0.2, 0.25) is 0 Å². The Kier molecular flexibility index (Phi) is 7.07. The van der Waals surface area contributed by atoms with E-state index in [9.17, 15) is 14.4 Å². The Bertz CT molecular complexity index is 713. The first-order valence-corrected chi connectivity index (χ1v) is 10.5. The van der Waals surface area contributed by atoms with Gasteiger partial charge < -0.3 is 15.5 Å². The lowest BCUT2D eigenvalue weighted by molar-refractivity contribution is -0.134. The largest absolute Gasteiger partial charge is 0.352 e. The molecule has 28 heavy (non-hydrogen) atoms. The van der Waals surface area contributed by atoms with E-state index in [4.69, 9.17) is 0 Å². The van der Waals surface area contributed by atoms with Gasteiger partial charge in [-0.15, -0.1) is 0 Å². The van der Waals surface area contributed by atoms with Gasteiger partial charge in [-0.25, -0.2) is 0 Å². The summed E-state index contributed by atoms with van der Waals surface area (Å²) in [4.78, 5) is 40.2. The fourth-order valence-electron chi connectivity index (χ4n) is 3.36. The van der Waals surface area contributed by atoms with E-state index in [2.05, 4.69) is 31.5 Å². The summed E-state index contributed by atoms with van der Waals surface area (Å²) in [5.41, 5.74) is 0.905. The molecule has 0 spiro atoms. The van der Waals surface area contributed by atoms with E-state index in [0.717, 1.165) is 22.9 Å². The summed E-state index contributed by atoms with van der Waals surface area (Å²) in [5, 5.41) is 5.88. The van der Waals surface area contributed by atoms with E-state index >= 15 is 0 Å². The molecule has 1 aliphatic carbocycles. The van der Waals surface area contributed by atoms with Crippen LogP contribution < -0.4 is 10.6 Å². The third-order valence-electron chi connectivity index (χ3n) is 5.06. The SMILES string of the molecule is CC(=O)NC(CC(=O)N1CCN(CC(=O)NC2CC2)CC1)c1ccc(Br)cc1. The number of rotatable bonds is 7. The minimum atomic E-state index is -0.347. The number of nitrogens with zero attached hydrogens (tertiary/aromatic N) is 2. The van der Waals surface area contributed by atoms with Gasteiger partial charge in [0.15, 0.2) is 0 Å². The molecule has 2 aliphatic rings. The second kappa shape index (κ2) is 9.52. The smallest absolute Gasteiger partial charge is 0.234 e. The molecule has 0 bridgehead atoms. The van der Waals surface area contributed by atoms with Crippen LogP contribution >= 0.6 is 15.9 Å². The zero-order valence-electron chi connectivity index (χ0n) is 16.1. The summed E-state index contributed by atoms with van der Waals surface area (Å²) < 4.78 is 0.950. The predicted octanol–water partition coefficient (Wildman–Crippen LogP) is 1.44. The Hall–Kier alpha value is -1.93. The molecule has 152 valence electrons. The molecule has 2 N–H and O–H groups in total. The van der Waals surface area contributed by atoms with E-state index in [1.807, 2.05) is 29.2 Å². The maximum atomic E-state index is 12.8. The Morgan fingerprint density at radius 1 is 1.11 bits per heavy atom. The number of carbonyl (C=O) groups is 3. The summed E-state index contributed by atoms with van der Waals surface area (Å²) in [5.74, 6) is -0.0702. The van der Waals surface area contributed by atoms with Crippen LogP contribution in [0.3, 0.4) is 0 Å². The van der Waals surface area contributed by atoms with Gasteiger partial charge in [-0.3, -0.25) is 19.3 Å². The van der Waals surface area contributed by atoms with Crippen LogP contribution in [-0.2, 0) is 14.4 Å². The number of benzene rings is 1. The zero-order chi connectivity index (χ0) is 20.1. The first-order chi connectivity index (χ1) is 13.4. The minimum absolute atomic E-state index is 0.0174. The number of nitrogens with one attached hydrogen (secondary N) is 2. The average molecular weight is 451 g/mol. The van der Waals surface area contributed by atoms with Crippen molar-refractivity contribution in [2.24, 2.45) is 0 Å². The van der Waals surface area contributed by atoms with E-state index in [1.165, 1.54) is 6.92 Å².